The summed E-state index contributed by atoms with van der Waals surface area (Å²) in [7, 11) is 0. The molecule has 0 heterocycles. The van der Waals surface area contributed by atoms with E-state index in [2.05, 4.69) is 0 Å². The highest BCUT2D eigenvalue weighted by atomic mass is 16.4. The number of benzene rings is 1. The molecule has 0 amide bonds. The molecule has 6 heteroatoms. The molecule has 6 nitrogen and oxygen atoms in total. The van der Waals surface area contributed by atoms with Gasteiger partial charge in [-0.15, -0.1) is 0 Å². The lowest BCUT2D eigenvalue weighted by Gasteiger charge is -2.06. The topological polar surface area (TPSA) is 112 Å². The molecule has 1 aromatic rings. The first-order valence-corrected chi connectivity index (χ1v) is 6.82. The molecule has 118 valence electrons. The van der Waals surface area contributed by atoms with Crippen molar-refractivity contribution in [2.75, 3.05) is 0 Å². The molecule has 0 aromatic heterocycles. The molecule has 0 saturated carbocycles. The number of allylic oxidation sites excluding steroid dienone is 1. The lowest BCUT2D eigenvalue weighted by atomic mass is 10.0. The molecule has 1 aromatic carbocycles. The summed E-state index contributed by atoms with van der Waals surface area (Å²) in [5.41, 5.74) is 1.17. The van der Waals surface area contributed by atoms with Crippen LogP contribution in [-0.2, 0) is 4.79 Å². The Bertz CT molecular complexity index is 615. The maximum Gasteiger partial charge on any atom is 0.335 e. The zero-order valence-corrected chi connectivity index (χ0v) is 12.2. The zero-order chi connectivity index (χ0) is 16.7. The minimum atomic E-state index is -1.12. The molecule has 0 atom stereocenters. The standard InChI is InChI=1S/C9H8O4.C7H10O2/c1-5-2-3-6(8(10)11)4-7(5)9(12)13;8-7(9)6-4-2-1-3-5-6/h2-4H,1H3,(H,10,11)(H,12,13);4H,1-3,5H2,(H,8,9). The van der Waals surface area contributed by atoms with Gasteiger partial charge >= 0.3 is 17.9 Å². The third kappa shape index (κ3) is 5.05. The van der Waals surface area contributed by atoms with Gasteiger partial charge < -0.3 is 15.3 Å². The van der Waals surface area contributed by atoms with Gasteiger partial charge in [-0.05, 0) is 50.3 Å². The molecule has 0 spiro atoms. The summed E-state index contributed by atoms with van der Waals surface area (Å²) in [6.45, 7) is 1.62. The lowest BCUT2D eigenvalue weighted by Crippen LogP contribution is -2.03. The van der Waals surface area contributed by atoms with Crippen LogP contribution in [0.5, 0.6) is 0 Å². The molecule has 22 heavy (non-hydrogen) atoms. The van der Waals surface area contributed by atoms with Crippen LogP contribution in [0.1, 0.15) is 52.0 Å². The summed E-state index contributed by atoms with van der Waals surface area (Å²) in [4.78, 5) is 31.4. The molecular formula is C16H18O6. The van der Waals surface area contributed by atoms with Crippen molar-refractivity contribution in [3.63, 3.8) is 0 Å². The van der Waals surface area contributed by atoms with Crippen LogP contribution in [0.4, 0.5) is 0 Å². The maximum atomic E-state index is 10.6. The van der Waals surface area contributed by atoms with Gasteiger partial charge in [0.2, 0.25) is 0 Å². The second-order valence-electron chi connectivity index (χ2n) is 4.92. The van der Waals surface area contributed by atoms with Crippen LogP contribution < -0.4 is 0 Å². The maximum absolute atomic E-state index is 10.6. The van der Waals surface area contributed by atoms with Crippen LogP contribution in [0.15, 0.2) is 29.8 Å². The van der Waals surface area contributed by atoms with Gasteiger partial charge in [0.15, 0.2) is 0 Å². The largest absolute Gasteiger partial charge is 0.478 e. The summed E-state index contributed by atoms with van der Waals surface area (Å²) in [6.07, 6.45) is 5.72. The van der Waals surface area contributed by atoms with Crippen LogP contribution >= 0.6 is 0 Å². The summed E-state index contributed by atoms with van der Waals surface area (Å²) < 4.78 is 0. The summed E-state index contributed by atoms with van der Waals surface area (Å²) in [6, 6.07) is 4.01. The third-order valence-electron chi connectivity index (χ3n) is 3.28. The number of aliphatic carboxylic acids is 1. The van der Waals surface area contributed by atoms with Gasteiger partial charge in [-0.2, -0.15) is 0 Å². The number of hydrogen-bond donors (Lipinski definition) is 3. The van der Waals surface area contributed by atoms with Crippen LogP contribution in [0, 0.1) is 6.92 Å². The van der Waals surface area contributed by atoms with Crippen LogP contribution in [-0.4, -0.2) is 33.2 Å². The van der Waals surface area contributed by atoms with E-state index in [1.807, 2.05) is 6.08 Å². The van der Waals surface area contributed by atoms with Crippen LogP contribution in [0.3, 0.4) is 0 Å². The van der Waals surface area contributed by atoms with Crippen molar-refractivity contribution in [3.05, 3.63) is 46.5 Å². The zero-order valence-electron chi connectivity index (χ0n) is 12.2. The van der Waals surface area contributed by atoms with E-state index in [-0.39, 0.29) is 11.1 Å². The third-order valence-corrected chi connectivity index (χ3v) is 3.28. The summed E-state index contributed by atoms with van der Waals surface area (Å²) in [5, 5.41) is 25.7. The molecule has 0 saturated heterocycles. The lowest BCUT2D eigenvalue weighted by molar-refractivity contribution is -0.132. The normalized spacial score (nSPS) is 13.4. The van der Waals surface area contributed by atoms with Crippen molar-refractivity contribution in [1.29, 1.82) is 0 Å². The predicted molar refractivity (Wildman–Crippen MR) is 79.3 cm³/mol. The van der Waals surface area contributed by atoms with Gasteiger partial charge in [0.05, 0.1) is 11.1 Å². The molecule has 0 radical (unpaired) electrons. The van der Waals surface area contributed by atoms with Crippen LogP contribution in [0.25, 0.3) is 0 Å². The van der Waals surface area contributed by atoms with Crippen molar-refractivity contribution < 1.29 is 29.7 Å². The van der Waals surface area contributed by atoms with Gasteiger partial charge in [0.1, 0.15) is 0 Å². The number of carboxylic acids is 3. The minimum Gasteiger partial charge on any atom is -0.478 e. The van der Waals surface area contributed by atoms with E-state index in [1.165, 1.54) is 12.1 Å². The van der Waals surface area contributed by atoms with E-state index >= 15 is 0 Å². The van der Waals surface area contributed by atoms with Gasteiger partial charge in [-0.25, -0.2) is 14.4 Å². The Kier molecular flexibility index (Phi) is 6.31. The van der Waals surface area contributed by atoms with E-state index in [4.69, 9.17) is 15.3 Å². The monoisotopic (exact) mass is 306 g/mol. The number of hydrogen-bond acceptors (Lipinski definition) is 3. The van der Waals surface area contributed by atoms with E-state index in [0.29, 0.717) is 11.1 Å². The molecule has 0 aliphatic heterocycles. The Balaban J connectivity index is 0.000000235. The molecule has 1 aliphatic carbocycles. The molecular weight excluding hydrogens is 288 g/mol. The van der Waals surface area contributed by atoms with Crippen molar-refractivity contribution in [2.45, 2.75) is 32.6 Å². The van der Waals surface area contributed by atoms with Gasteiger partial charge in [0, 0.05) is 5.57 Å². The van der Waals surface area contributed by atoms with Crippen molar-refractivity contribution >= 4 is 17.9 Å². The first-order chi connectivity index (χ1) is 10.3. The number of aromatic carboxylic acids is 2. The summed E-state index contributed by atoms with van der Waals surface area (Å²) in [5.74, 6) is -2.97. The van der Waals surface area contributed by atoms with E-state index in [1.54, 1.807) is 6.92 Å². The van der Waals surface area contributed by atoms with E-state index in [0.717, 1.165) is 31.7 Å². The first kappa shape index (κ1) is 17.4. The van der Waals surface area contributed by atoms with E-state index in [9.17, 15) is 14.4 Å². The number of aryl methyl sites for hydroxylation is 1. The van der Waals surface area contributed by atoms with Crippen molar-refractivity contribution in [1.82, 2.24) is 0 Å². The Morgan fingerprint density at radius 3 is 2.05 bits per heavy atom. The minimum absolute atomic E-state index is 0.0111. The fraction of sp³-hybridized carbons (Fsp3) is 0.312. The SMILES string of the molecule is Cc1ccc(C(=O)O)cc1C(=O)O.O=C(O)C1=CCCCC1. The highest BCUT2D eigenvalue weighted by molar-refractivity contribution is 5.94. The Labute approximate surface area is 127 Å². The van der Waals surface area contributed by atoms with E-state index < -0.39 is 17.9 Å². The van der Waals surface area contributed by atoms with Crippen LogP contribution in [0.2, 0.25) is 0 Å². The summed E-state index contributed by atoms with van der Waals surface area (Å²) >= 11 is 0. The Hall–Kier alpha value is -2.63. The average Bonchev–Trinajstić information content (AvgIpc) is 2.48. The van der Waals surface area contributed by atoms with Crippen molar-refractivity contribution in [3.8, 4) is 0 Å². The molecule has 0 fully saturated rings. The number of rotatable bonds is 3. The first-order valence-electron chi connectivity index (χ1n) is 6.82. The Morgan fingerprint density at radius 2 is 1.64 bits per heavy atom. The molecule has 2 rings (SSSR count). The highest BCUT2D eigenvalue weighted by Crippen LogP contribution is 2.16. The predicted octanol–water partition coefficient (Wildman–Crippen LogP) is 2.96. The fourth-order valence-corrected chi connectivity index (χ4v) is 2.02. The number of carboxylic acid groups (broad SMARTS) is 3. The van der Waals surface area contributed by atoms with Gasteiger partial charge in [0.25, 0.3) is 0 Å². The molecule has 0 bridgehead atoms. The quantitative estimate of drug-likeness (QED) is 0.791. The Morgan fingerprint density at radius 1 is 0.955 bits per heavy atom. The molecule has 1 aliphatic rings. The highest BCUT2D eigenvalue weighted by Gasteiger charge is 2.10. The van der Waals surface area contributed by atoms with Gasteiger partial charge in [-0.1, -0.05) is 12.1 Å². The van der Waals surface area contributed by atoms with Gasteiger partial charge in [-0.3, -0.25) is 0 Å². The fourth-order valence-electron chi connectivity index (χ4n) is 2.02. The molecule has 3 N–H and O–H groups in total. The average molecular weight is 306 g/mol. The smallest absolute Gasteiger partial charge is 0.335 e. The number of carbonyl (C=O) groups is 3. The van der Waals surface area contributed by atoms with Crippen molar-refractivity contribution in [2.24, 2.45) is 0 Å². The second-order valence-corrected chi connectivity index (χ2v) is 4.92. The molecule has 0 unspecified atom stereocenters. The second kappa shape index (κ2) is 7.97.